The van der Waals surface area contributed by atoms with E-state index in [9.17, 15) is 13.2 Å². The van der Waals surface area contributed by atoms with E-state index in [0.717, 1.165) is 11.3 Å². The van der Waals surface area contributed by atoms with Crippen molar-refractivity contribution in [3.05, 3.63) is 40.5 Å². The second-order valence-electron chi connectivity index (χ2n) is 3.63. The van der Waals surface area contributed by atoms with E-state index in [1.807, 2.05) is 0 Å². The summed E-state index contributed by atoms with van der Waals surface area (Å²) in [7, 11) is -2.15. The molecule has 0 fully saturated rings. The van der Waals surface area contributed by atoms with Gasteiger partial charge in [0, 0.05) is 12.4 Å². The molecule has 0 saturated heterocycles. The average molecular weight is 300 g/mol. The summed E-state index contributed by atoms with van der Waals surface area (Å²) in [6.07, 6.45) is 1.47. The molecule has 19 heavy (non-hydrogen) atoms. The predicted octanol–water partition coefficient (Wildman–Crippen LogP) is 1.18. The normalized spacial score (nSPS) is 11.4. The highest BCUT2D eigenvalue weighted by molar-refractivity contribution is 7.89. The second-order valence-corrected chi connectivity index (χ2v) is 6.31. The van der Waals surface area contributed by atoms with Crippen LogP contribution in [-0.2, 0) is 16.6 Å². The van der Waals surface area contributed by atoms with E-state index in [-0.39, 0.29) is 17.3 Å². The fourth-order valence-electron chi connectivity index (χ4n) is 1.36. The molecule has 0 aromatic carbocycles. The molecule has 0 atom stereocenters. The highest BCUT2D eigenvalue weighted by Gasteiger charge is 2.18. The number of thiophene rings is 1. The van der Waals surface area contributed by atoms with Crippen molar-refractivity contribution >= 4 is 27.3 Å². The molecule has 6 nitrogen and oxygen atoms in total. The molecule has 0 aliphatic carbocycles. The Morgan fingerprint density at radius 1 is 1.47 bits per heavy atom. The first-order valence-electron chi connectivity index (χ1n) is 5.35. The molecule has 2 rings (SSSR count). The lowest BCUT2D eigenvalue weighted by molar-refractivity contribution is 0.0967. The summed E-state index contributed by atoms with van der Waals surface area (Å²) in [5.74, 6) is 0.211. The van der Waals surface area contributed by atoms with Crippen LogP contribution in [0.1, 0.15) is 15.4 Å². The molecule has 0 saturated carbocycles. The topological polar surface area (TPSA) is 88.4 Å². The van der Waals surface area contributed by atoms with Gasteiger partial charge in [-0.1, -0.05) is 0 Å². The third-order valence-corrected chi connectivity index (χ3v) is 4.81. The molecular weight excluding hydrogens is 288 g/mol. The zero-order valence-corrected chi connectivity index (χ0v) is 11.7. The second kappa shape index (κ2) is 5.55. The van der Waals surface area contributed by atoms with Gasteiger partial charge >= 0.3 is 0 Å². The lowest BCUT2D eigenvalue weighted by Gasteiger charge is -2.02. The Labute approximate surface area is 114 Å². The number of hydrogen-bond acceptors (Lipinski definition) is 5. The molecule has 0 aliphatic rings. The largest absolute Gasteiger partial charge is 0.468 e. The Bertz CT molecular complexity index is 659. The van der Waals surface area contributed by atoms with E-state index >= 15 is 0 Å². The number of hydrogen-bond donors (Lipinski definition) is 2. The molecule has 0 radical (unpaired) electrons. The van der Waals surface area contributed by atoms with Gasteiger partial charge in [-0.2, -0.15) is 0 Å². The van der Waals surface area contributed by atoms with Gasteiger partial charge in [0.1, 0.15) is 5.76 Å². The third kappa shape index (κ3) is 3.22. The van der Waals surface area contributed by atoms with E-state index in [4.69, 9.17) is 4.42 Å². The first-order chi connectivity index (χ1) is 9.03. The highest BCUT2D eigenvalue weighted by atomic mass is 32.2. The first-order valence-corrected chi connectivity index (χ1v) is 7.72. The van der Waals surface area contributed by atoms with Gasteiger partial charge in [0.2, 0.25) is 10.0 Å². The fraction of sp³-hybridized carbons (Fsp3) is 0.182. The molecule has 0 aliphatic heterocycles. The molecule has 2 heterocycles. The number of amides is 1. The zero-order valence-electron chi connectivity index (χ0n) is 10.0. The Morgan fingerprint density at radius 3 is 2.89 bits per heavy atom. The minimum absolute atomic E-state index is 0.0699. The SMILES string of the molecule is CNC(=O)c1cc(S(=O)(=O)NCc2ccco2)cs1. The van der Waals surface area contributed by atoms with Crippen molar-refractivity contribution in [3.8, 4) is 0 Å². The van der Waals surface area contributed by atoms with Crippen molar-refractivity contribution in [2.24, 2.45) is 0 Å². The molecule has 2 N–H and O–H groups in total. The Balaban J connectivity index is 2.11. The lowest BCUT2D eigenvalue weighted by Crippen LogP contribution is -2.22. The van der Waals surface area contributed by atoms with Gasteiger partial charge in [-0.05, 0) is 18.2 Å². The number of sulfonamides is 1. The maximum atomic E-state index is 12.0. The van der Waals surface area contributed by atoms with E-state index in [0.29, 0.717) is 10.6 Å². The summed E-state index contributed by atoms with van der Waals surface area (Å²) in [6.45, 7) is 0.0699. The van der Waals surface area contributed by atoms with Crippen LogP contribution in [0.3, 0.4) is 0 Å². The minimum atomic E-state index is -3.64. The summed E-state index contributed by atoms with van der Waals surface area (Å²) in [5.41, 5.74) is 0. The van der Waals surface area contributed by atoms with E-state index < -0.39 is 10.0 Å². The van der Waals surface area contributed by atoms with Gasteiger partial charge in [-0.3, -0.25) is 4.79 Å². The lowest BCUT2D eigenvalue weighted by atomic mass is 10.4. The van der Waals surface area contributed by atoms with Crippen molar-refractivity contribution in [1.82, 2.24) is 10.0 Å². The number of furan rings is 1. The fourth-order valence-corrected chi connectivity index (χ4v) is 3.58. The van der Waals surface area contributed by atoms with Crippen LogP contribution >= 0.6 is 11.3 Å². The molecule has 1 amide bonds. The molecule has 102 valence electrons. The summed E-state index contributed by atoms with van der Waals surface area (Å²) < 4.78 is 31.4. The zero-order chi connectivity index (χ0) is 13.9. The number of carbonyl (C=O) groups excluding carboxylic acids is 1. The maximum Gasteiger partial charge on any atom is 0.261 e. The quantitative estimate of drug-likeness (QED) is 0.868. The predicted molar refractivity (Wildman–Crippen MR) is 70.4 cm³/mol. The molecule has 0 bridgehead atoms. The van der Waals surface area contributed by atoms with Gasteiger partial charge in [0.05, 0.1) is 22.6 Å². The van der Waals surface area contributed by atoms with Crippen LogP contribution < -0.4 is 10.0 Å². The van der Waals surface area contributed by atoms with Gasteiger partial charge in [0.25, 0.3) is 5.91 Å². The Morgan fingerprint density at radius 2 is 2.26 bits per heavy atom. The number of nitrogens with one attached hydrogen (secondary N) is 2. The van der Waals surface area contributed by atoms with Crippen molar-refractivity contribution in [2.75, 3.05) is 7.05 Å². The van der Waals surface area contributed by atoms with Crippen molar-refractivity contribution in [3.63, 3.8) is 0 Å². The molecule has 2 aromatic heterocycles. The van der Waals surface area contributed by atoms with Crippen LogP contribution in [0.15, 0.2) is 39.2 Å². The van der Waals surface area contributed by atoms with E-state index in [2.05, 4.69) is 10.0 Å². The first kappa shape index (κ1) is 13.8. The van der Waals surface area contributed by atoms with Gasteiger partial charge in [0.15, 0.2) is 0 Å². The third-order valence-electron chi connectivity index (χ3n) is 2.35. The molecule has 0 unspecified atom stereocenters. The average Bonchev–Trinajstić information content (AvgIpc) is 3.06. The van der Waals surface area contributed by atoms with E-state index in [1.54, 1.807) is 12.1 Å². The minimum Gasteiger partial charge on any atom is -0.468 e. The maximum absolute atomic E-state index is 12.0. The highest BCUT2D eigenvalue weighted by Crippen LogP contribution is 2.19. The Kier molecular flexibility index (Phi) is 4.03. The summed E-state index contributed by atoms with van der Waals surface area (Å²) in [6, 6.07) is 4.69. The monoisotopic (exact) mass is 300 g/mol. The summed E-state index contributed by atoms with van der Waals surface area (Å²) >= 11 is 1.08. The van der Waals surface area contributed by atoms with E-state index in [1.165, 1.54) is 24.8 Å². The van der Waals surface area contributed by atoms with Crippen LogP contribution in [0.5, 0.6) is 0 Å². The number of rotatable bonds is 5. The van der Waals surface area contributed by atoms with Crippen molar-refractivity contribution in [2.45, 2.75) is 11.4 Å². The molecule has 8 heteroatoms. The van der Waals surface area contributed by atoms with Crippen molar-refractivity contribution in [1.29, 1.82) is 0 Å². The Hall–Kier alpha value is -1.64. The van der Waals surface area contributed by atoms with Crippen LogP contribution in [0, 0.1) is 0 Å². The number of carbonyl (C=O) groups is 1. The molecule has 0 spiro atoms. The van der Waals surface area contributed by atoms with Crippen molar-refractivity contribution < 1.29 is 17.6 Å². The van der Waals surface area contributed by atoms with Crippen LogP contribution in [0.2, 0.25) is 0 Å². The summed E-state index contributed by atoms with van der Waals surface area (Å²) in [5, 5.41) is 3.87. The summed E-state index contributed by atoms with van der Waals surface area (Å²) in [4.78, 5) is 11.8. The van der Waals surface area contributed by atoms with Gasteiger partial charge in [-0.15, -0.1) is 11.3 Å². The van der Waals surface area contributed by atoms with Gasteiger partial charge < -0.3 is 9.73 Å². The standard InChI is InChI=1S/C11H12N2O4S2/c1-12-11(14)10-5-9(7-18-10)19(15,16)13-6-8-3-2-4-17-8/h2-5,7,13H,6H2,1H3,(H,12,14). The van der Waals surface area contributed by atoms with Crippen LogP contribution in [-0.4, -0.2) is 21.4 Å². The van der Waals surface area contributed by atoms with Crippen LogP contribution in [0.4, 0.5) is 0 Å². The smallest absolute Gasteiger partial charge is 0.261 e. The molecule has 2 aromatic rings. The van der Waals surface area contributed by atoms with Crippen LogP contribution in [0.25, 0.3) is 0 Å². The molecular formula is C11H12N2O4S2. The van der Waals surface area contributed by atoms with Gasteiger partial charge in [-0.25, -0.2) is 13.1 Å².